The molecule has 1 N–H and O–H groups in total. The molecule has 0 unspecified atom stereocenters. The molecule has 0 aliphatic carbocycles. The predicted octanol–water partition coefficient (Wildman–Crippen LogP) is 2.50. The summed E-state index contributed by atoms with van der Waals surface area (Å²) >= 11 is 3.42. The SMILES string of the molecule is BrCCc1c[nH]c2ncccc12. The number of pyridine rings is 1. The molecule has 2 nitrogen and oxygen atoms in total. The number of hydrogen-bond acceptors (Lipinski definition) is 1. The Bertz CT molecular complexity index is 381. The standard InChI is InChI=1S/C9H9BrN2/c10-4-3-7-6-12-9-8(7)2-1-5-11-9/h1-2,5-6H,3-4H2,(H,11,12). The van der Waals surface area contributed by atoms with Crippen LogP contribution in [-0.2, 0) is 6.42 Å². The molecule has 2 aromatic heterocycles. The van der Waals surface area contributed by atoms with E-state index in [4.69, 9.17) is 0 Å². The molecule has 0 saturated carbocycles. The minimum atomic E-state index is 0.980. The quantitative estimate of drug-likeness (QED) is 0.781. The van der Waals surface area contributed by atoms with E-state index in [2.05, 4.69) is 32.0 Å². The van der Waals surface area contributed by atoms with Crippen LogP contribution in [0.4, 0.5) is 0 Å². The van der Waals surface area contributed by atoms with Crippen molar-refractivity contribution in [1.29, 1.82) is 0 Å². The Morgan fingerprint density at radius 1 is 1.50 bits per heavy atom. The smallest absolute Gasteiger partial charge is 0.137 e. The van der Waals surface area contributed by atoms with Gasteiger partial charge in [-0.1, -0.05) is 15.9 Å². The minimum Gasteiger partial charge on any atom is -0.346 e. The molecule has 2 rings (SSSR count). The number of hydrogen-bond donors (Lipinski definition) is 1. The number of alkyl halides is 1. The summed E-state index contributed by atoms with van der Waals surface area (Å²) in [6.07, 6.45) is 4.88. The number of halogens is 1. The van der Waals surface area contributed by atoms with Crippen molar-refractivity contribution in [2.45, 2.75) is 6.42 Å². The number of rotatable bonds is 2. The van der Waals surface area contributed by atoms with Crippen LogP contribution in [0.5, 0.6) is 0 Å². The number of H-pyrrole nitrogens is 1. The molecule has 0 radical (unpaired) electrons. The van der Waals surface area contributed by atoms with Gasteiger partial charge in [-0.2, -0.15) is 0 Å². The van der Waals surface area contributed by atoms with Crippen molar-refractivity contribution in [3.05, 3.63) is 30.1 Å². The molecule has 2 aromatic rings. The largest absolute Gasteiger partial charge is 0.346 e. The average molecular weight is 225 g/mol. The molecule has 2 heterocycles. The fourth-order valence-electron chi connectivity index (χ4n) is 1.32. The molecule has 0 aliphatic rings. The molecule has 0 bridgehead atoms. The fraction of sp³-hybridized carbons (Fsp3) is 0.222. The lowest BCUT2D eigenvalue weighted by atomic mass is 10.2. The molecular formula is C9H9BrN2. The van der Waals surface area contributed by atoms with Crippen LogP contribution in [0.15, 0.2) is 24.5 Å². The summed E-state index contributed by atoms with van der Waals surface area (Å²) in [5, 5.41) is 2.23. The summed E-state index contributed by atoms with van der Waals surface area (Å²) in [6, 6.07) is 4.06. The van der Waals surface area contributed by atoms with Gasteiger partial charge in [0, 0.05) is 23.1 Å². The lowest BCUT2D eigenvalue weighted by molar-refractivity contribution is 1.18. The van der Waals surface area contributed by atoms with E-state index in [1.54, 1.807) is 6.20 Å². The molecule has 3 heteroatoms. The van der Waals surface area contributed by atoms with Crippen LogP contribution in [0.1, 0.15) is 5.56 Å². The van der Waals surface area contributed by atoms with E-state index in [0.717, 1.165) is 17.4 Å². The Balaban J connectivity index is 2.55. The summed E-state index contributed by atoms with van der Waals surface area (Å²) < 4.78 is 0. The first kappa shape index (κ1) is 7.80. The highest BCUT2D eigenvalue weighted by molar-refractivity contribution is 9.09. The van der Waals surface area contributed by atoms with E-state index in [1.165, 1.54) is 10.9 Å². The average Bonchev–Trinajstić information content (AvgIpc) is 2.50. The van der Waals surface area contributed by atoms with Crippen molar-refractivity contribution in [2.75, 3.05) is 5.33 Å². The molecule has 62 valence electrons. The summed E-state index contributed by atoms with van der Waals surface area (Å²) in [5.74, 6) is 0. The molecule has 0 aromatic carbocycles. The van der Waals surface area contributed by atoms with Gasteiger partial charge in [0.2, 0.25) is 0 Å². The molecule has 0 saturated heterocycles. The van der Waals surface area contributed by atoms with Gasteiger partial charge < -0.3 is 4.98 Å². The third-order valence-corrected chi connectivity index (χ3v) is 2.30. The molecular weight excluding hydrogens is 216 g/mol. The maximum Gasteiger partial charge on any atom is 0.137 e. The molecule has 0 amide bonds. The van der Waals surface area contributed by atoms with Crippen LogP contribution in [0.2, 0.25) is 0 Å². The van der Waals surface area contributed by atoms with E-state index < -0.39 is 0 Å². The van der Waals surface area contributed by atoms with Crippen LogP contribution in [0, 0.1) is 0 Å². The van der Waals surface area contributed by atoms with E-state index in [0.29, 0.717) is 0 Å². The van der Waals surface area contributed by atoms with Gasteiger partial charge in [0.25, 0.3) is 0 Å². The zero-order chi connectivity index (χ0) is 8.39. The van der Waals surface area contributed by atoms with E-state index in [9.17, 15) is 0 Å². The van der Waals surface area contributed by atoms with Crippen LogP contribution in [0.25, 0.3) is 11.0 Å². The van der Waals surface area contributed by atoms with Gasteiger partial charge >= 0.3 is 0 Å². The van der Waals surface area contributed by atoms with Gasteiger partial charge in [-0.3, -0.25) is 0 Å². The number of aromatic amines is 1. The van der Waals surface area contributed by atoms with Crippen molar-refractivity contribution >= 4 is 27.0 Å². The van der Waals surface area contributed by atoms with Crippen molar-refractivity contribution in [2.24, 2.45) is 0 Å². The second-order valence-corrected chi connectivity index (χ2v) is 3.45. The zero-order valence-corrected chi connectivity index (χ0v) is 8.13. The maximum absolute atomic E-state index is 4.21. The molecule has 0 spiro atoms. The molecule has 0 aliphatic heterocycles. The monoisotopic (exact) mass is 224 g/mol. The first-order valence-electron chi connectivity index (χ1n) is 3.89. The second kappa shape index (κ2) is 3.27. The minimum absolute atomic E-state index is 0.980. The van der Waals surface area contributed by atoms with Crippen LogP contribution >= 0.6 is 15.9 Å². The summed E-state index contributed by atoms with van der Waals surface area (Å²) in [5.41, 5.74) is 2.31. The fourth-order valence-corrected chi connectivity index (χ4v) is 1.75. The van der Waals surface area contributed by atoms with Gasteiger partial charge in [-0.15, -0.1) is 0 Å². The number of aromatic nitrogens is 2. The van der Waals surface area contributed by atoms with Crippen molar-refractivity contribution in [3.63, 3.8) is 0 Å². The van der Waals surface area contributed by atoms with Gasteiger partial charge in [0.05, 0.1) is 0 Å². The highest BCUT2D eigenvalue weighted by atomic mass is 79.9. The molecule has 0 fully saturated rings. The van der Waals surface area contributed by atoms with E-state index in [-0.39, 0.29) is 0 Å². The zero-order valence-electron chi connectivity index (χ0n) is 6.55. The van der Waals surface area contributed by atoms with Crippen LogP contribution < -0.4 is 0 Å². The number of aryl methyl sites for hydroxylation is 1. The van der Waals surface area contributed by atoms with E-state index in [1.807, 2.05) is 12.3 Å². The second-order valence-electron chi connectivity index (χ2n) is 2.65. The summed E-state index contributed by atoms with van der Waals surface area (Å²) in [7, 11) is 0. The topological polar surface area (TPSA) is 28.7 Å². The summed E-state index contributed by atoms with van der Waals surface area (Å²) in [4.78, 5) is 7.35. The van der Waals surface area contributed by atoms with Gasteiger partial charge in [0.1, 0.15) is 5.65 Å². The van der Waals surface area contributed by atoms with Crippen molar-refractivity contribution < 1.29 is 0 Å². The predicted molar refractivity (Wildman–Crippen MR) is 53.6 cm³/mol. The Kier molecular flexibility index (Phi) is 2.13. The van der Waals surface area contributed by atoms with E-state index >= 15 is 0 Å². The van der Waals surface area contributed by atoms with Gasteiger partial charge in [-0.05, 0) is 24.1 Å². The summed E-state index contributed by atoms with van der Waals surface area (Å²) in [6.45, 7) is 0. The van der Waals surface area contributed by atoms with Crippen LogP contribution in [0.3, 0.4) is 0 Å². The van der Waals surface area contributed by atoms with Gasteiger partial charge in [0.15, 0.2) is 0 Å². The molecule has 0 atom stereocenters. The van der Waals surface area contributed by atoms with Crippen LogP contribution in [-0.4, -0.2) is 15.3 Å². The lowest BCUT2D eigenvalue weighted by Crippen LogP contribution is -1.82. The Hall–Kier alpha value is -0.830. The Labute approximate surface area is 79.1 Å². The molecule has 12 heavy (non-hydrogen) atoms. The Morgan fingerprint density at radius 2 is 2.42 bits per heavy atom. The van der Waals surface area contributed by atoms with Crippen molar-refractivity contribution in [3.8, 4) is 0 Å². The first-order valence-corrected chi connectivity index (χ1v) is 5.01. The Morgan fingerprint density at radius 3 is 3.25 bits per heavy atom. The number of fused-ring (bicyclic) bond motifs is 1. The highest BCUT2D eigenvalue weighted by Crippen LogP contribution is 2.16. The first-order chi connectivity index (χ1) is 5.92. The van der Waals surface area contributed by atoms with Gasteiger partial charge in [-0.25, -0.2) is 4.98 Å². The highest BCUT2D eigenvalue weighted by Gasteiger charge is 2.01. The number of nitrogens with zero attached hydrogens (tertiary/aromatic N) is 1. The number of nitrogens with one attached hydrogen (secondary N) is 1. The maximum atomic E-state index is 4.21. The third-order valence-electron chi connectivity index (χ3n) is 1.90. The lowest BCUT2D eigenvalue weighted by Gasteiger charge is -1.92. The normalized spacial score (nSPS) is 10.8. The van der Waals surface area contributed by atoms with Crippen molar-refractivity contribution in [1.82, 2.24) is 9.97 Å². The third kappa shape index (κ3) is 1.25.